The van der Waals surface area contributed by atoms with Gasteiger partial charge in [0.1, 0.15) is 0 Å². The second-order valence-electron chi connectivity index (χ2n) is 6.96. The molecular weight excluding hydrogens is 302 g/mol. The Morgan fingerprint density at radius 1 is 1.17 bits per heavy atom. The highest BCUT2D eigenvalue weighted by Gasteiger charge is 2.38. The molecule has 2 unspecified atom stereocenters. The first-order chi connectivity index (χ1) is 11.7. The van der Waals surface area contributed by atoms with Crippen molar-refractivity contribution in [1.29, 1.82) is 0 Å². The van der Waals surface area contributed by atoms with Crippen LogP contribution in [0.15, 0.2) is 24.3 Å². The van der Waals surface area contributed by atoms with Gasteiger partial charge in [0.2, 0.25) is 5.91 Å². The molecule has 2 N–H and O–H groups in total. The Morgan fingerprint density at radius 3 is 2.50 bits per heavy atom. The Kier molecular flexibility index (Phi) is 5.74. The highest BCUT2D eigenvalue weighted by molar-refractivity contribution is 5.92. The first kappa shape index (κ1) is 17.2. The number of carbonyl (C=O) groups excluding carboxylic acids is 1. The molecule has 2 atom stereocenters. The summed E-state index contributed by atoms with van der Waals surface area (Å²) in [5.41, 5.74) is 1.94. The second kappa shape index (κ2) is 7.99. The summed E-state index contributed by atoms with van der Waals surface area (Å²) in [6.45, 7) is 8.20. The van der Waals surface area contributed by atoms with Crippen LogP contribution in [0.5, 0.6) is 0 Å². The molecule has 1 saturated heterocycles. The normalized spacial score (nSPS) is 25.7. The molecule has 1 amide bonds. The molecule has 1 aliphatic carbocycles. The SMILES string of the molecule is CCN(CC)CC(=O)Nc1cccc(NC2CC3COCC3C2)c1. The average molecular weight is 331 g/mol. The summed E-state index contributed by atoms with van der Waals surface area (Å²) in [6.07, 6.45) is 2.37. The third-order valence-corrected chi connectivity index (χ3v) is 5.28. The fraction of sp³-hybridized carbons (Fsp3) is 0.632. The van der Waals surface area contributed by atoms with Crippen molar-refractivity contribution in [2.75, 3.05) is 43.5 Å². The summed E-state index contributed by atoms with van der Waals surface area (Å²) in [5, 5.41) is 6.63. The van der Waals surface area contributed by atoms with E-state index in [1.807, 2.05) is 18.2 Å². The second-order valence-corrected chi connectivity index (χ2v) is 6.96. The molecule has 0 bridgehead atoms. The van der Waals surface area contributed by atoms with Crippen molar-refractivity contribution in [3.8, 4) is 0 Å². The Labute approximate surface area is 144 Å². The highest BCUT2D eigenvalue weighted by atomic mass is 16.5. The average Bonchev–Trinajstić information content (AvgIpc) is 3.14. The zero-order valence-corrected chi connectivity index (χ0v) is 14.8. The van der Waals surface area contributed by atoms with Crippen molar-refractivity contribution in [3.63, 3.8) is 0 Å². The van der Waals surface area contributed by atoms with E-state index in [2.05, 4.69) is 35.4 Å². The number of nitrogens with zero attached hydrogens (tertiary/aromatic N) is 1. The Morgan fingerprint density at radius 2 is 1.83 bits per heavy atom. The van der Waals surface area contributed by atoms with Gasteiger partial charge in [-0.15, -0.1) is 0 Å². The van der Waals surface area contributed by atoms with Gasteiger partial charge in [-0.25, -0.2) is 0 Å². The van der Waals surface area contributed by atoms with Crippen molar-refractivity contribution in [2.45, 2.75) is 32.7 Å². The van der Waals surface area contributed by atoms with Gasteiger partial charge in [0.05, 0.1) is 6.54 Å². The van der Waals surface area contributed by atoms with Crippen molar-refractivity contribution >= 4 is 17.3 Å². The van der Waals surface area contributed by atoms with E-state index in [1.54, 1.807) is 0 Å². The topological polar surface area (TPSA) is 53.6 Å². The van der Waals surface area contributed by atoms with Crippen LogP contribution < -0.4 is 10.6 Å². The van der Waals surface area contributed by atoms with Crippen molar-refractivity contribution < 1.29 is 9.53 Å². The molecule has 132 valence electrons. The van der Waals surface area contributed by atoms with Crippen LogP contribution in [0.4, 0.5) is 11.4 Å². The van der Waals surface area contributed by atoms with Crippen molar-refractivity contribution in [1.82, 2.24) is 4.90 Å². The first-order valence-electron chi connectivity index (χ1n) is 9.14. The fourth-order valence-corrected chi connectivity index (χ4v) is 3.88. The molecule has 2 aliphatic rings. The van der Waals surface area contributed by atoms with Crippen LogP contribution in [0.1, 0.15) is 26.7 Å². The van der Waals surface area contributed by atoms with E-state index in [-0.39, 0.29) is 5.91 Å². The lowest BCUT2D eigenvalue weighted by Crippen LogP contribution is -2.32. The number of benzene rings is 1. The molecule has 0 aromatic heterocycles. The third-order valence-electron chi connectivity index (χ3n) is 5.28. The summed E-state index contributed by atoms with van der Waals surface area (Å²) < 4.78 is 5.54. The fourth-order valence-electron chi connectivity index (χ4n) is 3.88. The number of nitrogens with one attached hydrogen (secondary N) is 2. The predicted molar refractivity (Wildman–Crippen MR) is 97.3 cm³/mol. The molecule has 1 aromatic rings. The predicted octanol–water partition coefficient (Wildman–Crippen LogP) is 2.80. The van der Waals surface area contributed by atoms with Gasteiger partial charge in [-0.05, 0) is 56.0 Å². The maximum Gasteiger partial charge on any atom is 0.238 e. The van der Waals surface area contributed by atoms with Gasteiger partial charge in [0.25, 0.3) is 0 Å². The molecule has 0 radical (unpaired) electrons. The lowest BCUT2D eigenvalue weighted by atomic mass is 10.0. The van der Waals surface area contributed by atoms with Gasteiger partial charge in [-0.2, -0.15) is 0 Å². The number of ether oxygens (including phenoxy) is 1. The minimum atomic E-state index is 0.0448. The molecule has 2 fully saturated rings. The Bertz CT molecular complexity index is 547. The van der Waals surface area contributed by atoms with Crippen LogP contribution in [-0.2, 0) is 9.53 Å². The summed E-state index contributed by atoms with van der Waals surface area (Å²) >= 11 is 0. The number of anilines is 2. The lowest BCUT2D eigenvalue weighted by molar-refractivity contribution is -0.117. The molecular formula is C19H29N3O2. The third kappa shape index (κ3) is 4.28. The van der Waals surface area contributed by atoms with Crippen molar-refractivity contribution in [3.05, 3.63) is 24.3 Å². The number of hydrogen-bond donors (Lipinski definition) is 2. The Hall–Kier alpha value is -1.59. The number of carbonyl (C=O) groups is 1. The smallest absolute Gasteiger partial charge is 0.238 e. The molecule has 0 spiro atoms. The number of fused-ring (bicyclic) bond motifs is 1. The quantitative estimate of drug-likeness (QED) is 0.807. The summed E-state index contributed by atoms with van der Waals surface area (Å²) in [4.78, 5) is 14.2. The number of amides is 1. The summed E-state index contributed by atoms with van der Waals surface area (Å²) in [7, 11) is 0. The summed E-state index contributed by atoms with van der Waals surface area (Å²) in [6, 6.07) is 8.57. The number of rotatable bonds is 7. The van der Waals surface area contributed by atoms with E-state index in [0.717, 1.165) is 49.5 Å². The molecule has 1 aromatic carbocycles. The first-order valence-corrected chi connectivity index (χ1v) is 9.14. The zero-order valence-electron chi connectivity index (χ0n) is 14.8. The van der Waals surface area contributed by atoms with Crippen LogP contribution in [0.2, 0.25) is 0 Å². The van der Waals surface area contributed by atoms with Crippen LogP contribution in [0.25, 0.3) is 0 Å². The van der Waals surface area contributed by atoms with Gasteiger partial charge in [-0.3, -0.25) is 9.69 Å². The van der Waals surface area contributed by atoms with E-state index in [0.29, 0.717) is 12.6 Å². The van der Waals surface area contributed by atoms with Gasteiger partial charge in [-0.1, -0.05) is 19.9 Å². The monoisotopic (exact) mass is 331 g/mol. The minimum absolute atomic E-state index is 0.0448. The van der Waals surface area contributed by atoms with E-state index < -0.39 is 0 Å². The molecule has 5 heteroatoms. The van der Waals surface area contributed by atoms with E-state index >= 15 is 0 Å². The standard InChI is InChI=1S/C19H29N3O2/c1-3-22(4-2)11-19(23)21-17-7-5-6-16(10-17)20-18-8-14-12-24-13-15(14)9-18/h5-7,10,14-15,18,20H,3-4,8-9,11-13H2,1-2H3,(H,21,23). The molecule has 5 nitrogen and oxygen atoms in total. The van der Waals surface area contributed by atoms with Crippen LogP contribution in [0.3, 0.4) is 0 Å². The maximum atomic E-state index is 12.1. The van der Waals surface area contributed by atoms with Gasteiger partial charge in [0, 0.05) is 30.6 Å². The van der Waals surface area contributed by atoms with E-state index in [4.69, 9.17) is 4.74 Å². The van der Waals surface area contributed by atoms with E-state index in [1.165, 1.54) is 12.8 Å². The minimum Gasteiger partial charge on any atom is -0.382 e. The molecule has 1 aliphatic heterocycles. The largest absolute Gasteiger partial charge is 0.382 e. The number of hydrogen-bond acceptors (Lipinski definition) is 4. The molecule has 3 rings (SSSR count). The molecule has 24 heavy (non-hydrogen) atoms. The van der Waals surface area contributed by atoms with Gasteiger partial charge >= 0.3 is 0 Å². The van der Waals surface area contributed by atoms with Crippen LogP contribution in [0, 0.1) is 11.8 Å². The van der Waals surface area contributed by atoms with Gasteiger partial charge < -0.3 is 15.4 Å². The number of likely N-dealkylation sites (N-methyl/N-ethyl adjacent to an activating group) is 1. The van der Waals surface area contributed by atoms with Gasteiger partial charge in [0.15, 0.2) is 0 Å². The molecule has 1 heterocycles. The van der Waals surface area contributed by atoms with Crippen LogP contribution >= 0.6 is 0 Å². The lowest BCUT2D eigenvalue weighted by Gasteiger charge is -2.18. The highest BCUT2D eigenvalue weighted by Crippen LogP contribution is 2.38. The van der Waals surface area contributed by atoms with E-state index in [9.17, 15) is 4.79 Å². The maximum absolute atomic E-state index is 12.1. The summed E-state index contributed by atoms with van der Waals surface area (Å²) in [5.74, 6) is 1.49. The van der Waals surface area contributed by atoms with Crippen LogP contribution in [-0.4, -0.2) is 49.7 Å². The Balaban J connectivity index is 1.53. The van der Waals surface area contributed by atoms with Crippen molar-refractivity contribution in [2.24, 2.45) is 11.8 Å². The molecule has 1 saturated carbocycles. The zero-order chi connectivity index (χ0) is 16.9.